The second-order valence-electron chi connectivity index (χ2n) is 5.40. The zero-order valence-corrected chi connectivity index (χ0v) is 13.5. The molecular weight excluding hydrogens is 324 g/mol. The number of nitrogens with one attached hydrogen (secondary N) is 2. The molecule has 2 amide bonds. The van der Waals surface area contributed by atoms with Crippen LogP contribution in [0.3, 0.4) is 0 Å². The van der Waals surface area contributed by atoms with E-state index in [9.17, 15) is 14.4 Å². The number of Topliss-reactive ketones (excluding diaryl/α,β-unsaturated/α-hetero) is 1. The van der Waals surface area contributed by atoms with E-state index in [0.717, 1.165) is 0 Å². The molecule has 0 atom stereocenters. The molecular formula is C18H16N2O5. The molecule has 7 nitrogen and oxygen atoms in total. The van der Waals surface area contributed by atoms with E-state index < -0.39 is 11.8 Å². The maximum atomic E-state index is 12.0. The third-order valence-corrected chi connectivity index (χ3v) is 3.53. The molecule has 2 aromatic carbocycles. The summed E-state index contributed by atoms with van der Waals surface area (Å²) in [5.41, 5.74) is 1.24. The molecule has 128 valence electrons. The summed E-state index contributed by atoms with van der Waals surface area (Å²) in [6, 6.07) is 11.3. The average Bonchev–Trinajstić information content (AvgIpc) is 2.61. The third-order valence-electron chi connectivity index (χ3n) is 3.53. The van der Waals surface area contributed by atoms with Crippen molar-refractivity contribution in [3.8, 4) is 11.5 Å². The van der Waals surface area contributed by atoms with Gasteiger partial charge in [0.25, 0.3) is 0 Å². The molecule has 0 saturated heterocycles. The van der Waals surface area contributed by atoms with Gasteiger partial charge in [0.2, 0.25) is 0 Å². The van der Waals surface area contributed by atoms with Crippen LogP contribution in [0.15, 0.2) is 42.5 Å². The topological polar surface area (TPSA) is 93.7 Å². The largest absolute Gasteiger partial charge is 0.486 e. The fourth-order valence-electron chi connectivity index (χ4n) is 2.31. The highest BCUT2D eigenvalue weighted by molar-refractivity contribution is 6.43. The van der Waals surface area contributed by atoms with Crippen LogP contribution < -0.4 is 20.1 Å². The number of ether oxygens (including phenoxy) is 2. The lowest BCUT2D eigenvalue weighted by Crippen LogP contribution is -2.29. The summed E-state index contributed by atoms with van der Waals surface area (Å²) in [7, 11) is 0. The highest BCUT2D eigenvalue weighted by Gasteiger charge is 2.17. The van der Waals surface area contributed by atoms with Crippen LogP contribution in [0.4, 0.5) is 11.4 Å². The Labute approximate surface area is 143 Å². The first-order chi connectivity index (χ1) is 12.0. The van der Waals surface area contributed by atoms with E-state index in [1.807, 2.05) is 0 Å². The molecule has 0 saturated carbocycles. The minimum absolute atomic E-state index is 0.128. The molecule has 0 radical (unpaired) electrons. The Morgan fingerprint density at radius 2 is 1.48 bits per heavy atom. The van der Waals surface area contributed by atoms with Crippen molar-refractivity contribution < 1.29 is 23.9 Å². The number of rotatable bonds is 3. The van der Waals surface area contributed by atoms with E-state index in [1.54, 1.807) is 36.4 Å². The van der Waals surface area contributed by atoms with Crippen molar-refractivity contribution in [2.24, 2.45) is 0 Å². The summed E-state index contributed by atoms with van der Waals surface area (Å²) in [6.45, 7) is 2.33. The first-order valence-electron chi connectivity index (χ1n) is 7.66. The summed E-state index contributed by atoms with van der Waals surface area (Å²) >= 11 is 0. The van der Waals surface area contributed by atoms with Crippen LogP contribution in [0, 0.1) is 0 Å². The number of anilines is 2. The van der Waals surface area contributed by atoms with E-state index >= 15 is 0 Å². The first kappa shape index (κ1) is 16.5. The van der Waals surface area contributed by atoms with Gasteiger partial charge >= 0.3 is 11.8 Å². The van der Waals surface area contributed by atoms with E-state index in [-0.39, 0.29) is 5.78 Å². The second kappa shape index (κ2) is 7.04. The maximum absolute atomic E-state index is 12.0. The summed E-state index contributed by atoms with van der Waals surface area (Å²) in [6.07, 6.45) is 0. The first-order valence-corrected chi connectivity index (χ1v) is 7.66. The van der Waals surface area contributed by atoms with Gasteiger partial charge in [0.15, 0.2) is 17.3 Å². The summed E-state index contributed by atoms with van der Waals surface area (Å²) in [5, 5.41) is 4.96. The van der Waals surface area contributed by atoms with Gasteiger partial charge in [-0.05, 0) is 31.2 Å². The molecule has 0 aliphatic carbocycles. The fraction of sp³-hybridized carbons (Fsp3) is 0.167. The summed E-state index contributed by atoms with van der Waals surface area (Å²) in [4.78, 5) is 35.4. The lowest BCUT2D eigenvalue weighted by Gasteiger charge is -2.18. The van der Waals surface area contributed by atoms with E-state index in [0.29, 0.717) is 41.7 Å². The Morgan fingerprint density at radius 3 is 2.16 bits per heavy atom. The van der Waals surface area contributed by atoms with E-state index in [4.69, 9.17) is 9.47 Å². The van der Waals surface area contributed by atoms with Gasteiger partial charge in [0, 0.05) is 23.0 Å². The number of carbonyl (C=O) groups excluding carboxylic acids is 3. The van der Waals surface area contributed by atoms with Gasteiger partial charge < -0.3 is 20.1 Å². The molecule has 0 bridgehead atoms. The van der Waals surface area contributed by atoms with Crippen LogP contribution in [-0.2, 0) is 9.59 Å². The average molecular weight is 340 g/mol. The molecule has 0 unspecified atom stereocenters. The minimum atomic E-state index is -0.837. The summed E-state index contributed by atoms with van der Waals surface area (Å²) < 4.78 is 10.8. The lowest BCUT2D eigenvalue weighted by molar-refractivity contribution is -0.133. The van der Waals surface area contributed by atoms with Gasteiger partial charge in [0.1, 0.15) is 13.2 Å². The lowest BCUT2D eigenvalue weighted by atomic mass is 10.1. The molecule has 0 spiro atoms. The predicted octanol–water partition coefficient (Wildman–Crippen LogP) is 2.24. The number of benzene rings is 2. The van der Waals surface area contributed by atoms with Gasteiger partial charge in [-0.3, -0.25) is 14.4 Å². The van der Waals surface area contributed by atoms with Crippen LogP contribution in [0.5, 0.6) is 11.5 Å². The van der Waals surface area contributed by atoms with Gasteiger partial charge in [-0.15, -0.1) is 0 Å². The van der Waals surface area contributed by atoms with Crippen molar-refractivity contribution in [3.63, 3.8) is 0 Å². The van der Waals surface area contributed by atoms with Gasteiger partial charge in [0.05, 0.1) is 0 Å². The standard InChI is InChI=1S/C18H16N2O5/c1-11(21)12-3-2-4-13(9-12)19-17(22)18(23)20-14-5-6-15-16(10-14)25-8-7-24-15/h2-6,9-10H,7-8H2,1H3,(H,19,22)(H,20,23). The Hall–Kier alpha value is -3.35. The van der Waals surface area contributed by atoms with Crippen LogP contribution >= 0.6 is 0 Å². The Balaban J connectivity index is 1.66. The third kappa shape index (κ3) is 3.95. The smallest absolute Gasteiger partial charge is 0.314 e. The van der Waals surface area contributed by atoms with E-state index in [2.05, 4.69) is 10.6 Å². The van der Waals surface area contributed by atoms with Crippen LogP contribution in [0.2, 0.25) is 0 Å². The van der Waals surface area contributed by atoms with Gasteiger partial charge in [-0.2, -0.15) is 0 Å². The molecule has 0 aromatic heterocycles. The van der Waals surface area contributed by atoms with Crippen molar-refractivity contribution in [3.05, 3.63) is 48.0 Å². The monoisotopic (exact) mass is 340 g/mol. The predicted molar refractivity (Wildman–Crippen MR) is 91.1 cm³/mol. The molecule has 2 aromatic rings. The molecule has 7 heteroatoms. The number of amides is 2. The van der Waals surface area contributed by atoms with Crippen molar-refractivity contribution in [1.29, 1.82) is 0 Å². The highest BCUT2D eigenvalue weighted by atomic mass is 16.6. The van der Waals surface area contributed by atoms with Crippen LogP contribution in [0.1, 0.15) is 17.3 Å². The SMILES string of the molecule is CC(=O)c1cccc(NC(=O)C(=O)Nc2ccc3c(c2)OCCO3)c1. The zero-order chi connectivity index (χ0) is 17.8. The van der Waals surface area contributed by atoms with Crippen molar-refractivity contribution >= 4 is 29.0 Å². The molecule has 2 N–H and O–H groups in total. The number of carbonyl (C=O) groups is 3. The number of fused-ring (bicyclic) bond motifs is 1. The fourth-order valence-corrected chi connectivity index (χ4v) is 2.31. The molecule has 3 rings (SSSR count). The quantitative estimate of drug-likeness (QED) is 0.660. The molecule has 25 heavy (non-hydrogen) atoms. The zero-order valence-electron chi connectivity index (χ0n) is 13.5. The number of hydrogen-bond donors (Lipinski definition) is 2. The maximum Gasteiger partial charge on any atom is 0.314 e. The second-order valence-corrected chi connectivity index (χ2v) is 5.40. The number of hydrogen-bond acceptors (Lipinski definition) is 5. The molecule has 1 heterocycles. The van der Waals surface area contributed by atoms with Gasteiger partial charge in [-0.1, -0.05) is 12.1 Å². The minimum Gasteiger partial charge on any atom is -0.486 e. The summed E-state index contributed by atoms with van der Waals surface area (Å²) in [5.74, 6) is -0.689. The Bertz CT molecular complexity index is 847. The normalized spacial score (nSPS) is 12.2. The molecule has 1 aliphatic heterocycles. The molecule has 1 aliphatic rings. The van der Waals surface area contributed by atoms with E-state index in [1.165, 1.54) is 13.0 Å². The van der Waals surface area contributed by atoms with Crippen LogP contribution in [0.25, 0.3) is 0 Å². The van der Waals surface area contributed by atoms with Crippen LogP contribution in [-0.4, -0.2) is 30.8 Å². The molecule has 0 fully saturated rings. The van der Waals surface area contributed by atoms with Crippen molar-refractivity contribution in [2.75, 3.05) is 23.8 Å². The van der Waals surface area contributed by atoms with Crippen molar-refractivity contribution in [1.82, 2.24) is 0 Å². The Morgan fingerprint density at radius 1 is 0.840 bits per heavy atom. The van der Waals surface area contributed by atoms with Gasteiger partial charge in [-0.25, -0.2) is 0 Å². The van der Waals surface area contributed by atoms with Crippen molar-refractivity contribution in [2.45, 2.75) is 6.92 Å². The number of ketones is 1. The Kier molecular flexibility index (Phi) is 4.65. The highest BCUT2D eigenvalue weighted by Crippen LogP contribution is 2.32.